The van der Waals surface area contributed by atoms with Crippen molar-refractivity contribution in [3.8, 4) is 5.75 Å². The molecular formula is C17H26ClNO. The Bertz CT molecular complexity index is 415. The third-order valence-electron chi connectivity index (χ3n) is 4.38. The molecule has 2 rings (SSSR count). The molecule has 0 amide bonds. The van der Waals surface area contributed by atoms with Gasteiger partial charge < -0.3 is 10.1 Å². The standard InChI is InChI=1S/C17H26ClNO/c1-3-13(2)15-4-5-17(16(18)12-15)20-11-8-14-6-9-19-10-7-14/h4-5,12-14,19H,3,6-11H2,1-2H3. The molecule has 0 aromatic heterocycles. The molecule has 0 spiro atoms. The Hall–Kier alpha value is -0.730. The van der Waals surface area contributed by atoms with Crippen LogP contribution in [0.5, 0.6) is 5.75 Å². The Morgan fingerprint density at radius 3 is 2.75 bits per heavy atom. The van der Waals surface area contributed by atoms with Crippen LogP contribution < -0.4 is 10.1 Å². The molecule has 0 radical (unpaired) electrons. The Balaban J connectivity index is 1.83. The predicted molar refractivity (Wildman–Crippen MR) is 85.9 cm³/mol. The van der Waals surface area contributed by atoms with Crippen LogP contribution in [0.4, 0.5) is 0 Å². The average Bonchev–Trinajstić information content (AvgIpc) is 2.49. The first kappa shape index (κ1) is 15.7. The van der Waals surface area contributed by atoms with Gasteiger partial charge in [-0.05, 0) is 68.3 Å². The molecule has 1 unspecified atom stereocenters. The molecule has 3 heteroatoms. The second-order valence-corrected chi connectivity index (χ2v) is 6.24. The number of benzene rings is 1. The molecule has 1 N–H and O–H groups in total. The Morgan fingerprint density at radius 2 is 2.10 bits per heavy atom. The van der Waals surface area contributed by atoms with Crippen LogP contribution in [0.15, 0.2) is 18.2 Å². The topological polar surface area (TPSA) is 21.3 Å². The lowest BCUT2D eigenvalue weighted by Crippen LogP contribution is -2.28. The molecule has 1 aromatic carbocycles. The van der Waals surface area contributed by atoms with Crippen LogP contribution in [0.1, 0.15) is 51.0 Å². The zero-order chi connectivity index (χ0) is 14.4. The molecular weight excluding hydrogens is 270 g/mol. The minimum atomic E-state index is 0.552. The summed E-state index contributed by atoms with van der Waals surface area (Å²) in [5.74, 6) is 2.18. The van der Waals surface area contributed by atoms with Crippen molar-refractivity contribution in [2.75, 3.05) is 19.7 Å². The molecule has 2 nitrogen and oxygen atoms in total. The fraction of sp³-hybridized carbons (Fsp3) is 0.647. The van der Waals surface area contributed by atoms with Crippen molar-refractivity contribution >= 4 is 11.6 Å². The molecule has 0 saturated carbocycles. The van der Waals surface area contributed by atoms with E-state index in [1.807, 2.05) is 6.07 Å². The molecule has 20 heavy (non-hydrogen) atoms. The molecule has 1 heterocycles. The second kappa shape index (κ2) is 7.90. The van der Waals surface area contributed by atoms with Crippen molar-refractivity contribution in [3.63, 3.8) is 0 Å². The molecule has 1 atom stereocenters. The van der Waals surface area contributed by atoms with Crippen LogP contribution in [0.2, 0.25) is 5.02 Å². The van der Waals surface area contributed by atoms with Crippen molar-refractivity contribution in [1.29, 1.82) is 0 Å². The maximum Gasteiger partial charge on any atom is 0.137 e. The third-order valence-corrected chi connectivity index (χ3v) is 4.68. The largest absolute Gasteiger partial charge is 0.492 e. The highest BCUT2D eigenvalue weighted by molar-refractivity contribution is 6.32. The normalized spacial score (nSPS) is 17.9. The summed E-state index contributed by atoms with van der Waals surface area (Å²) in [6.45, 7) is 7.49. The van der Waals surface area contributed by atoms with Gasteiger partial charge in [-0.3, -0.25) is 0 Å². The molecule has 1 saturated heterocycles. The monoisotopic (exact) mass is 295 g/mol. The number of piperidine rings is 1. The van der Waals surface area contributed by atoms with Gasteiger partial charge in [-0.15, -0.1) is 0 Å². The maximum absolute atomic E-state index is 6.32. The molecule has 1 fully saturated rings. The summed E-state index contributed by atoms with van der Waals surface area (Å²) in [5.41, 5.74) is 1.29. The van der Waals surface area contributed by atoms with Crippen LogP contribution in [0.25, 0.3) is 0 Å². The van der Waals surface area contributed by atoms with Gasteiger partial charge >= 0.3 is 0 Å². The van der Waals surface area contributed by atoms with Gasteiger partial charge in [-0.1, -0.05) is 31.5 Å². The minimum Gasteiger partial charge on any atom is -0.492 e. The van der Waals surface area contributed by atoms with E-state index in [1.165, 1.54) is 18.4 Å². The highest BCUT2D eigenvalue weighted by atomic mass is 35.5. The summed E-state index contributed by atoms with van der Waals surface area (Å²) < 4.78 is 5.86. The number of ether oxygens (including phenoxy) is 1. The number of rotatable bonds is 6. The Morgan fingerprint density at radius 1 is 1.35 bits per heavy atom. The molecule has 0 aliphatic carbocycles. The predicted octanol–water partition coefficient (Wildman–Crippen LogP) is 4.62. The van der Waals surface area contributed by atoms with Gasteiger partial charge in [-0.25, -0.2) is 0 Å². The zero-order valence-electron chi connectivity index (χ0n) is 12.6. The quantitative estimate of drug-likeness (QED) is 0.826. The summed E-state index contributed by atoms with van der Waals surface area (Å²) in [4.78, 5) is 0. The van der Waals surface area contributed by atoms with Crippen LogP contribution in [-0.4, -0.2) is 19.7 Å². The number of hydrogen-bond donors (Lipinski definition) is 1. The van der Waals surface area contributed by atoms with E-state index in [0.29, 0.717) is 5.92 Å². The third kappa shape index (κ3) is 4.39. The van der Waals surface area contributed by atoms with Crippen molar-refractivity contribution < 1.29 is 4.74 Å². The molecule has 1 aliphatic rings. The van der Waals surface area contributed by atoms with Crippen molar-refractivity contribution in [2.45, 2.75) is 45.4 Å². The van der Waals surface area contributed by atoms with Crippen molar-refractivity contribution in [2.24, 2.45) is 5.92 Å². The van der Waals surface area contributed by atoms with E-state index in [9.17, 15) is 0 Å². The van der Waals surface area contributed by atoms with Crippen molar-refractivity contribution in [3.05, 3.63) is 28.8 Å². The van der Waals surface area contributed by atoms with Gasteiger partial charge in [0.1, 0.15) is 5.75 Å². The van der Waals surface area contributed by atoms with Crippen LogP contribution in [-0.2, 0) is 0 Å². The lowest BCUT2D eigenvalue weighted by molar-refractivity contribution is 0.252. The summed E-state index contributed by atoms with van der Waals surface area (Å²) in [5, 5.41) is 4.14. The summed E-state index contributed by atoms with van der Waals surface area (Å²) in [7, 11) is 0. The number of halogens is 1. The van der Waals surface area contributed by atoms with Gasteiger partial charge in [0.15, 0.2) is 0 Å². The Kier molecular flexibility index (Phi) is 6.18. The van der Waals surface area contributed by atoms with Crippen LogP contribution >= 0.6 is 11.6 Å². The molecule has 0 bridgehead atoms. The molecule has 1 aliphatic heterocycles. The first-order valence-electron chi connectivity index (χ1n) is 7.83. The number of hydrogen-bond acceptors (Lipinski definition) is 2. The van der Waals surface area contributed by atoms with Gasteiger partial charge in [-0.2, -0.15) is 0 Å². The minimum absolute atomic E-state index is 0.552. The SMILES string of the molecule is CCC(C)c1ccc(OCCC2CCNCC2)c(Cl)c1. The average molecular weight is 296 g/mol. The second-order valence-electron chi connectivity index (χ2n) is 5.83. The summed E-state index contributed by atoms with van der Waals surface area (Å²) >= 11 is 6.32. The zero-order valence-corrected chi connectivity index (χ0v) is 13.4. The Labute approximate surface area is 127 Å². The van der Waals surface area contributed by atoms with Crippen LogP contribution in [0, 0.1) is 5.92 Å². The first-order valence-corrected chi connectivity index (χ1v) is 8.21. The van der Waals surface area contributed by atoms with Crippen LogP contribution in [0.3, 0.4) is 0 Å². The maximum atomic E-state index is 6.32. The lowest BCUT2D eigenvalue weighted by atomic mass is 9.95. The van der Waals surface area contributed by atoms with Crippen molar-refractivity contribution in [1.82, 2.24) is 5.32 Å². The highest BCUT2D eigenvalue weighted by Gasteiger charge is 2.13. The van der Waals surface area contributed by atoms with Gasteiger partial charge in [0.05, 0.1) is 11.6 Å². The molecule has 112 valence electrons. The smallest absolute Gasteiger partial charge is 0.137 e. The fourth-order valence-corrected chi connectivity index (χ4v) is 2.93. The number of nitrogens with one attached hydrogen (secondary N) is 1. The van der Waals surface area contributed by atoms with E-state index in [0.717, 1.165) is 49.2 Å². The summed E-state index contributed by atoms with van der Waals surface area (Å²) in [6, 6.07) is 6.21. The van der Waals surface area contributed by atoms with Gasteiger partial charge in [0, 0.05) is 0 Å². The lowest BCUT2D eigenvalue weighted by Gasteiger charge is -2.22. The molecule has 1 aromatic rings. The van der Waals surface area contributed by atoms with E-state index < -0.39 is 0 Å². The van der Waals surface area contributed by atoms with E-state index in [2.05, 4.69) is 31.3 Å². The van der Waals surface area contributed by atoms with E-state index >= 15 is 0 Å². The van der Waals surface area contributed by atoms with E-state index in [-0.39, 0.29) is 0 Å². The summed E-state index contributed by atoms with van der Waals surface area (Å²) in [6.07, 6.45) is 4.80. The fourth-order valence-electron chi connectivity index (χ4n) is 2.68. The van der Waals surface area contributed by atoms with Gasteiger partial charge in [0.25, 0.3) is 0 Å². The van der Waals surface area contributed by atoms with E-state index in [4.69, 9.17) is 16.3 Å². The highest BCUT2D eigenvalue weighted by Crippen LogP contribution is 2.30. The first-order chi connectivity index (χ1) is 9.70. The van der Waals surface area contributed by atoms with Gasteiger partial charge in [0.2, 0.25) is 0 Å². The van der Waals surface area contributed by atoms with E-state index in [1.54, 1.807) is 0 Å².